The van der Waals surface area contributed by atoms with Crippen LogP contribution in [-0.2, 0) is 34.5 Å². The molecule has 1 aliphatic carbocycles. The van der Waals surface area contributed by atoms with Crippen LogP contribution >= 0.6 is 0 Å². The Morgan fingerprint density at radius 1 is 0.650 bits per heavy atom. The molecule has 0 aliphatic heterocycles. The van der Waals surface area contributed by atoms with Gasteiger partial charge in [-0.1, -0.05) is 48.5 Å². The molecule has 1 rings (SSSR count). The topological polar surface area (TPSA) is 51.2 Å². The van der Waals surface area contributed by atoms with Crippen LogP contribution in [0.25, 0.3) is 0 Å². The molecule has 0 saturated heterocycles. The molecule has 3 nitrogen and oxygen atoms in total. The van der Waals surface area contributed by atoms with Gasteiger partial charge in [0, 0.05) is 20.1 Å². The third kappa shape index (κ3) is 10.4. The Kier molecular flexibility index (Phi) is 21.7. The van der Waals surface area contributed by atoms with Crippen molar-refractivity contribution in [1.29, 1.82) is 0 Å². The molecule has 1 aliphatic rings. The van der Waals surface area contributed by atoms with Gasteiger partial charge in [-0.05, 0) is 28.6 Å². The third-order valence-electron chi connectivity index (χ3n) is 3.38. The van der Waals surface area contributed by atoms with Crippen molar-refractivity contribution in [2.75, 3.05) is 0 Å². The molecular formula is C16H30IrO3-4. The summed E-state index contributed by atoms with van der Waals surface area (Å²) < 4.78 is 0. The molecular weight excluding hydrogens is 432 g/mol. The van der Waals surface area contributed by atoms with E-state index in [-0.39, 0.29) is 27.5 Å². The Morgan fingerprint density at radius 2 is 0.800 bits per heavy atom. The van der Waals surface area contributed by atoms with Crippen LogP contribution in [0.2, 0.25) is 0 Å². The van der Waals surface area contributed by atoms with E-state index in [4.69, 9.17) is 14.4 Å². The van der Waals surface area contributed by atoms with E-state index in [2.05, 4.69) is 68.8 Å². The smallest absolute Gasteiger partial charge is 0 e. The molecule has 0 aromatic heterocycles. The summed E-state index contributed by atoms with van der Waals surface area (Å²) in [6, 6.07) is 0. The van der Waals surface area contributed by atoms with Crippen LogP contribution in [0.4, 0.5) is 0 Å². The van der Waals surface area contributed by atoms with Crippen molar-refractivity contribution >= 4 is 20.4 Å². The van der Waals surface area contributed by atoms with Crippen molar-refractivity contribution in [3.63, 3.8) is 0 Å². The second kappa shape index (κ2) is 13.6. The zero-order chi connectivity index (χ0) is 15.7. The van der Waals surface area contributed by atoms with Crippen LogP contribution in [0.3, 0.4) is 0 Å². The van der Waals surface area contributed by atoms with E-state index in [0.29, 0.717) is 10.8 Å². The minimum atomic E-state index is 0. The second-order valence-electron chi connectivity index (χ2n) is 6.64. The molecule has 0 N–H and O–H groups in total. The molecule has 0 aromatic carbocycles. The minimum absolute atomic E-state index is 0. The van der Waals surface area contributed by atoms with Gasteiger partial charge in [-0.3, -0.25) is 20.4 Å². The Morgan fingerprint density at radius 3 is 0.850 bits per heavy atom. The first kappa shape index (κ1) is 31.9. The zero-order valence-corrected chi connectivity index (χ0v) is 16.4. The standard InChI is InChI=1S/C12H24.3CHO.CH3.Ir/c1-8-9(11(2,3)4)10(8)12(5,6)7;3*1-2;;/h8-10H,1-7H3;3*1H;1H3;/q;4*-1;. The molecule has 0 spiro atoms. The maximum Gasteiger partial charge on any atom is 0 e. The summed E-state index contributed by atoms with van der Waals surface area (Å²) in [6.45, 7) is 26.4. The quantitative estimate of drug-likeness (QED) is 0.408. The Hall–Kier alpha value is -0.341. The summed E-state index contributed by atoms with van der Waals surface area (Å²) >= 11 is 0. The van der Waals surface area contributed by atoms with Crippen LogP contribution in [0, 0.1) is 36.0 Å². The number of carbonyl (C=O) groups excluding carboxylic acids is 3. The number of rotatable bonds is 0. The molecule has 0 bridgehead atoms. The first-order chi connectivity index (χ1) is 8.15. The van der Waals surface area contributed by atoms with Crippen LogP contribution in [0.1, 0.15) is 48.5 Å². The molecule has 1 saturated carbocycles. The first-order valence-electron chi connectivity index (χ1n) is 5.86. The maximum absolute atomic E-state index is 7.75. The third-order valence-corrected chi connectivity index (χ3v) is 3.38. The van der Waals surface area contributed by atoms with Crippen molar-refractivity contribution < 1.29 is 34.5 Å². The van der Waals surface area contributed by atoms with Gasteiger partial charge < -0.3 is 21.8 Å². The minimum Gasteiger partial charge on any atom is -0.545 e. The van der Waals surface area contributed by atoms with E-state index in [1.54, 1.807) is 0 Å². The SMILES string of the molecule is CC1C(C(C)(C)C)C1C(C)(C)C.[CH-]=O.[CH-]=O.[CH-]=O.[CH3-].[Ir]. The Bertz CT molecular complexity index is 194. The van der Waals surface area contributed by atoms with Gasteiger partial charge in [-0.25, -0.2) is 0 Å². The average Bonchev–Trinajstić information content (AvgIpc) is 2.99. The Labute approximate surface area is 139 Å². The summed E-state index contributed by atoms with van der Waals surface area (Å²) in [5, 5.41) is 0. The van der Waals surface area contributed by atoms with Crippen LogP contribution in [0.15, 0.2) is 0 Å². The van der Waals surface area contributed by atoms with Gasteiger partial charge in [0.25, 0.3) is 0 Å². The van der Waals surface area contributed by atoms with Gasteiger partial charge in [0.05, 0.1) is 0 Å². The summed E-state index contributed by atoms with van der Waals surface area (Å²) in [5.41, 5.74) is 1.02. The molecule has 0 amide bonds. The van der Waals surface area contributed by atoms with Gasteiger partial charge in [-0.2, -0.15) is 0 Å². The molecule has 0 aromatic rings. The first-order valence-corrected chi connectivity index (χ1v) is 5.86. The summed E-state index contributed by atoms with van der Waals surface area (Å²) in [7, 11) is 0. The van der Waals surface area contributed by atoms with E-state index in [1.807, 2.05) is 0 Å². The summed E-state index contributed by atoms with van der Waals surface area (Å²) in [5.74, 6) is 2.82. The molecule has 1 fully saturated rings. The van der Waals surface area contributed by atoms with Crippen LogP contribution in [0.5, 0.6) is 0 Å². The van der Waals surface area contributed by atoms with Gasteiger partial charge in [0.2, 0.25) is 0 Å². The van der Waals surface area contributed by atoms with Crippen molar-refractivity contribution in [3.05, 3.63) is 7.43 Å². The fourth-order valence-corrected chi connectivity index (χ4v) is 3.12. The van der Waals surface area contributed by atoms with Crippen molar-refractivity contribution in [1.82, 2.24) is 0 Å². The van der Waals surface area contributed by atoms with Gasteiger partial charge in [-0.15, -0.1) is 0 Å². The van der Waals surface area contributed by atoms with Crippen molar-refractivity contribution in [2.24, 2.45) is 28.6 Å². The summed E-state index contributed by atoms with van der Waals surface area (Å²) in [6.07, 6.45) is 0. The van der Waals surface area contributed by atoms with Crippen molar-refractivity contribution in [2.45, 2.75) is 48.5 Å². The number of hydrogen-bond acceptors (Lipinski definition) is 3. The van der Waals surface area contributed by atoms with Crippen LogP contribution in [-0.4, -0.2) is 20.4 Å². The zero-order valence-electron chi connectivity index (χ0n) is 14.0. The van der Waals surface area contributed by atoms with Gasteiger partial charge in [0.15, 0.2) is 0 Å². The molecule has 125 valence electrons. The maximum atomic E-state index is 7.75. The molecule has 20 heavy (non-hydrogen) atoms. The predicted molar refractivity (Wildman–Crippen MR) is 81.7 cm³/mol. The van der Waals surface area contributed by atoms with Gasteiger partial charge in [0.1, 0.15) is 0 Å². The second-order valence-corrected chi connectivity index (χ2v) is 6.64. The molecule has 4 heteroatoms. The fourth-order valence-electron chi connectivity index (χ4n) is 3.12. The van der Waals surface area contributed by atoms with E-state index < -0.39 is 0 Å². The molecule has 0 heterocycles. The van der Waals surface area contributed by atoms with Gasteiger partial charge >= 0.3 is 0 Å². The normalized spacial score (nSPS) is 22.6. The molecule has 1 radical (unpaired) electrons. The van der Waals surface area contributed by atoms with E-state index in [0.717, 1.165) is 17.8 Å². The monoisotopic (exact) mass is 463 g/mol. The largest absolute Gasteiger partial charge is 0.545 e. The van der Waals surface area contributed by atoms with E-state index in [9.17, 15) is 0 Å². The average molecular weight is 463 g/mol. The van der Waals surface area contributed by atoms with Crippen molar-refractivity contribution in [3.8, 4) is 0 Å². The molecule has 2 atom stereocenters. The summed E-state index contributed by atoms with van der Waals surface area (Å²) in [4.78, 5) is 23.2. The predicted octanol–water partition coefficient (Wildman–Crippen LogP) is 3.59. The van der Waals surface area contributed by atoms with E-state index >= 15 is 0 Å². The van der Waals surface area contributed by atoms with E-state index in [1.165, 1.54) is 0 Å². The molecule has 2 unspecified atom stereocenters. The number of hydrogen-bond donors (Lipinski definition) is 0. The fraction of sp³-hybridized carbons (Fsp3) is 0.750. The van der Waals surface area contributed by atoms with Crippen LogP contribution < -0.4 is 0 Å². The Balaban J connectivity index is -0.0000000833.